The summed E-state index contributed by atoms with van der Waals surface area (Å²) in [6, 6.07) is -0.0839. The van der Waals surface area contributed by atoms with Gasteiger partial charge in [0.2, 0.25) is 0 Å². The molecule has 1 fully saturated rings. The Kier molecular flexibility index (Phi) is 5.70. The highest BCUT2D eigenvalue weighted by molar-refractivity contribution is 4.98. The number of nitrogens with one attached hydrogen (secondary N) is 1. The zero-order valence-electron chi connectivity index (χ0n) is 11.3. The molecule has 1 saturated carbocycles. The maximum atomic E-state index is 13.1. The van der Waals surface area contributed by atoms with E-state index in [-0.39, 0.29) is 18.4 Å². The lowest BCUT2D eigenvalue weighted by Crippen LogP contribution is -2.45. The van der Waals surface area contributed by atoms with Crippen LogP contribution in [0.5, 0.6) is 0 Å². The Balaban J connectivity index is 2.81. The molecular formula is C14H24F3N. The van der Waals surface area contributed by atoms with Gasteiger partial charge < -0.3 is 5.32 Å². The first kappa shape index (κ1) is 15.5. The molecule has 0 amide bonds. The SMILES string of the molecule is C=C(C)CC(NCC)C1CCCCC1C(F)(F)F. The van der Waals surface area contributed by atoms with Crippen molar-refractivity contribution in [2.45, 2.75) is 58.2 Å². The van der Waals surface area contributed by atoms with Gasteiger partial charge in [0.05, 0.1) is 5.92 Å². The first-order chi connectivity index (χ1) is 8.36. The van der Waals surface area contributed by atoms with Crippen LogP contribution in [-0.4, -0.2) is 18.8 Å². The van der Waals surface area contributed by atoms with Crippen molar-refractivity contribution in [1.82, 2.24) is 5.32 Å². The molecule has 0 heterocycles. The van der Waals surface area contributed by atoms with Crippen molar-refractivity contribution in [2.75, 3.05) is 6.54 Å². The topological polar surface area (TPSA) is 12.0 Å². The Labute approximate surface area is 108 Å². The highest BCUT2D eigenvalue weighted by Crippen LogP contribution is 2.43. The van der Waals surface area contributed by atoms with Gasteiger partial charge in [-0.2, -0.15) is 13.2 Å². The van der Waals surface area contributed by atoms with Gasteiger partial charge in [-0.25, -0.2) is 0 Å². The van der Waals surface area contributed by atoms with Gasteiger partial charge in [-0.05, 0) is 38.6 Å². The minimum absolute atomic E-state index is 0.0839. The molecule has 1 nitrogen and oxygen atoms in total. The smallest absolute Gasteiger partial charge is 0.314 e. The third-order valence-electron chi connectivity index (χ3n) is 3.79. The number of rotatable bonds is 5. The van der Waals surface area contributed by atoms with Crippen molar-refractivity contribution < 1.29 is 13.2 Å². The number of hydrogen-bond acceptors (Lipinski definition) is 1. The quantitative estimate of drug-likeness (QED) is 0.729. The summed E-state index contributed by atoms with van der Waals surface area (Å²) in [5.74, 6) is -1.44. The largest absolute Gasteiger partial charge is 0.392 e. The fraction of sp³-hybridized carbons (Fsp3) is 0.857. The summed E-state index contributed by atoms with van der Waals surface area (Å²) < 4.78 is 39.2. The molecule has 1 aliphatic rings. The van der Waals surface area contributed by atoms with E-state index in [1.54, 1.807) is 0 Å². The zero-order valence-corrected chi connectivity index (χ0v) is 11.3. The molecule has 1 rings (SSSR count). The van der Waals surface area contributed by atoms with Gasteiger partial charge >= 0.3 is 6.18 Å². The Hall–Kier alpha value is -0.510. The van der Waals surface area contributed by atoms with Crippen LogP contribution in [0.25, 0.3) is 0 Å². The molecular weight excluding hydrogens is 239 g/mol. The van der Waals surface area contributed by atoms with Crippen LogP contribution in [0.15, 0.2) is 12.2 Å². The highest BCUT2D eigenvalue weighted by Gasteiger charge is 2.47. The third-order valence-corrected chi connectivity index (χ3v) is 3.79. The van der Waals surface area contributed by atoms with E-state index in [0.29, 0.717) is 25.8 Å². The van der Waals surface area contributed by atoms with E-state index in [9.17, 15) is 13.2 Å². The van der Waals surface area contributed by atoms with Crippen molar-refractivity contribution in [3.8, 4) is 0 Å². The molecule has 18 heavy (non-hydrogen) atoms. The average Bonchev–Trinajstić information content (AvgIpc) is 2.27. The summed E-state index contributed by atoms with van der Waals surface area (Å²) in [5, 5.41) is 3.22. The van der Waals surface area contributed by atoms with E-state index in [4.69, 9.17) is 0 Å². The minimum atomic E-state index is -4.06. The van der Waals surface area contributed by atoms with Gasteiger partial charge in [0.25, 0.3) is 0 Å². The van der Waals surface area contributed by atoms with Gasteiger partial charge in [0, 0.05) is 6.04 Å². The standard InChI is InChI=1S/C14H24F3N/c1-4-18-13(9-10(2)3)11-7-5-6-8-12(11)14(15,16)17/h11-13,18H,2,4-9H2,1,3H3. The molecule has 3 unspecified atom stereocenters. The summed E-state index contributed by atoms with van der Waals surface area (Å²) in [6.45, 7) is 8.37. The van der Waals surface area contributed by atoms with Crippen LogP contribution >= 0.6 is 0 Å². The molecule has 0 aromatic heterocycles. The van der Waals surface area contributed by atoms with Crippen LogP contribution in [0, 0.1) is 11.8 Å². The third kappa shape index (κ3) is 4.30. The number of hydrogen-bond donors (Lipinski definition) is 1. The Morgan fingerprint density at radius 1 is 1.33 bits per heavy atom. The minimum Gasteiger partial charge on any atom is -0.314 e. The van der Waals surface area contributed by atoms with E-state index in [2.05, 4.69) is 11.9 Å². The second-order valence-corrected chi connectivity index (χ2v) is 5.42. The lowest BCUT2D eigenvalue weighted by atomic mass is 9.73. The molecule has 4 heteroatoms. The van der Waals surface area contributed by atoms with E-state index in [1.165, 1.54) is 0 Å². The molecule has 1 aliphatic carbocycles. The molecule has 0 aromatic rings. The molecule has 0 aromatic carbocycles. The maximum absolute atomic E-state index is 13.1. The summed E-state index contributed by atoms with van der Waals surface area (Å²) in [6.07, 6.45) is -0.845. The maximum Gasteiger partial charge on any atom is 0.392 e. The molecule has 0 radical (unpaired) electrons. The summed E-state index contributed by atoms with van der Waals surface area (Å²) in [5.41, 5.74) is 0.951. The van der Waals surface area contributed by atoms with Gasteiger partial charge in [-0.15, -0.1) is 6.58 Å². The molecule has 106 valence electrons. The van der Waals surface area contributed by atoms with E-state index in [0.717, 1.165) is 12.0 Å². The first-order valence-electron chi connectivity index (χ1n) is 6.80. The van der Waals surface area contributed by atoms with Crippen molar-refractivity contribution in [3.05, 3.63) is 12.2 Å². The van der Waals surface area contributed by atoms with E-state index < -0.39 is 12.1 Å². The Morgan fingerprint density at radius 3 is 2.44 bits per heavy atom. The summed E-state index contributed by atoms with van der Waals surface area (Å²) in [7, 11) is 0. The van der Waals surface area contributed by atoms with Crippen LogP contribution in [0.4, 0.5) is 13.2 Å². The van der Waals surface area contributed by atoms with Gasteiger partial charge in [0.15, 0.2) is 0 Å². The predicted octanol–water partition coefficient (Wildman–Crippen LogP) is 4.30. The highest BCUT2D eigenvalue weighted by atomic mass is 19.4. The van der Waals surface area contributed by atoms with Gasteiger partial charge in [0.1, 0.15) is 0 Å². The van der Waals surface area contributed by atoms with E-state index >= 15 is 0 Å². The molecule has 3 atom stereocenters. The van der Waals surface area contributed by atoms with Crippen molar-refractivity contribution in [1.29, 1.82) is 0 Å². The summed E-state index contributed by atoms with van der Waals surface area (Å²) >= 11 is 0. The zero-order chi connectivity index (χ0) is 13.8. The molecule has 1 N–H and O–H groups in total. The Morgan fingerprint density at radius 2 is 1.94 bits per heavy atom. The lowest BCUT2D eigenvalue weighted by molar-refractivity contribution is -0.199. The van der Waals surface area contributed by atoms with Crippen LogP contribution in [-0.2, 0) is 0 Å². The molecule has 0 aliphatic heterocycles. The lowest BCUT2D eigenvalue weighted by Gasteiger charge is -2.38. The van der Waals surface area contributed by atoms with E-state index in [1.807, 2.05) is 13.8 Å². The van der Waals surface area contributed by atoms with Crippen LogP contribution < -0.4 is 5.32 Å². The van der Waals surface area contributed by atoms with Crippen LogP contribution in [0.1, 0.15) is 46.0 Å². The van der Waals surface area contributed by atoms with Gasteiger partial charge in [-0.3, -0.25) is 0 Å². The molecule has 0 saturated heterocycles. The van der Waals surface area contributed by atoms with Gasteiger partial charge in [-0.1, -0.05) is 25.3 Å². The fourth-order valence-corrected chi connectivity index (χ4v) is 3.06. The average molecular weight is 263 g/mol. The molecule has 0 spiro atoms. The first-order valence-corrected chi connectivity index (χ1v) is 6.80. The number of halogens is 3. The van der Waals surface area contributed by atoms with Crippen molar-refractivity contribution in [2.24, 2.45) is 11.8 Å². The second kappa shape index (κ2) is 6.60. The van der Waals surface area contributed by atoms with Crippen LogP contribution in [0.3, 0.4) is 0 Å². The van der Waals surface area contributed by atoms with Crippen molar-refractivity contribution >= 4 is 0 Å². The fourth-order valence-electron chi connectivity index (χ4n) is 3.06. The second-order valence-electron chi connectivity index (χ2n) is 5.42. The Bertz CT molecular complexity index is 273. The monoisotopic (exact) mass is 263 g/mol. The van der Waals surface area contributed by atoms with Crippen LogP contribution in [0.2, 0.25) is 0 Å². The molecule has 0 bridgehead atoms. The summed E-state index contributed by atoms with van der Waals surface area (Å²) in [4.78, 5) is 0. The normalized spacial score (nSPS) is 26.9. The number of alkyl halides is 3. The van der Waals surface area contributed by atoms with Crippen molar-refractivity contribution in [3.63, 3.8) is 0 Å². The predicted molar refractivity (Wildman–Crippen MR) is 68.4 cm³/mol.